The van der Waals surface area contributed by atoms with E-state index in [0.717, 1.165) is 16.7 Å². The largest absolute Gasteiger partial charge is 0.478 e. The highest BCUT2D eigenvalue weighted by Gasteiger charge is 2.17. The van der Waals surface area contributed by atoms with Gasteiger partial charge in [0.25, 0.3) is 5.91 Å². The number of carbonyl (C=O) groups excluding carboxylic acids is 1. The van der Waals surface area contributed by atoms with Crippen LogP contribution in [-0.4, -0.2) is 33.7 Å². The van der Waals surface area contributed by atoms with Crippen molar-refractivity contribution in [3.05, 3.63) is 82.0 Å². The Bertz CT molecular complexity index is 1100. The number of amides is 1. The molecule has 0 aliphatic carbocycles. The summed E-state index contributed by atoms with van der Waals surface area (Å²) >= 11 is 0. The number of benzene rings is 2. The van der Waals surface area contributed by atoms with E-state index in [0.29, 0.717) is 34.6 Å². The van der Waals surface area contributed by atoms with E-state index in [4.69, 9.17) is 5.11 Å². The quantitative estimate of drug-likeness (QED) is 0.573. The number of hydrogen-bond acceptors (Lipinski definition) is 4. The van der Waals surface area contributed by atoms with Crippen molar-refractivity contribution in [1.82, 2.24) is 4.98 Å². The lowest BCUT2D eigenvalue weighted by atomic mass is 10.0. The Labute approximate surface area is 175 Å². The van der Waals surface area contributed by atoms with Crippen LogP contribution in [0.15, 0.2) is 48.5 Å². The lowest BCUT2D eigenvalue weighted by Crippen LogP contribution is -2.17. The molecular weight excluding hydrogens is 380 g/mol. The van der Waals surface area contributed by atoms with Gasteiger partial charge in [0, 0.05) is 17.9 Å². The number of aromatic carboxylic acids is 1. The minimum Gasteiger partial charge on any atom is -0.478 e. The average molecular weight is 404 g/mol. The second-order valence-corrected chi connectivity index (χ2v) is 7.28. The van der Waals surface area contributed by atoms with Crippen molar-refractivity contribution < 1.29 is 19.8 Å². The minimum absolute atomic E-state index is 0.0673. The summed E-state index contributed by atoms with van der Waals surface area (Å²) in [5, 5.41) is 21.3. The molecule has 0 saturated carbocycles. The normalized spacial score (nSPS) is 10.7. The van der Waals surface area contributed by atoms with Gasteiger partial charge < -0.3 is 15.5 Å². The molecule has 3 N–H and O–H groups in total. The molecule has 0 atom stereocenters. The first-order valence-corrected chi connectivity index (χ1v) is 9.64. The molecule has 0 saturated heterocycles. The number of nitrogens with one attached hydrogen (secondary N) is 1. The highest BCUT2D eigenvalue weighted by atomic mass is 16.4. The summed E-state index contributed by atoms with van der Waals surface area (Å²) in [6.07, 6.45) is 0.554. The molecule has 0 spiro atoms. The van der Waals surface area contributed by atoms with E-state index < -0.39 is 5.97 Å². The van der Waals surface area contributed by atoms with E-state index in [-0.39, 0.29) is 18.1 Å². The van der Waals surface area contributed by atoms with Crippen LogP contribution < -0.4 is 5.32 Å². The van der Waals surface area contributed by atoms with Crippen molar-refractivity contribution in [3.63, 3.8) is 0 Å². The molecule has 3 aromatic rings. The number of aryl methyl sites for hydroxylation is 3. The third-order valence-corrected chi connectivity index (χ3v) is 4.95. The summed E-state index contributed by atoms with van der Waals surface area (Å²) in [4.78, 5) is 28.8. The number of rotatable bonds is 6. The summed E-state index contributed by atoms with van der Waals surface area (Å²) in [5.41, 5.74) is 5.68. The van der Waals surface area contributed by atoms with Crippen LogP contribution in [0.4, 0.5) is 5.69 Å². The molecule has 6 nitrogen and oxygen atoms in total. The topological polar surface area (TPSA) is 99.5 Å². The predicted molar refractivity (Wildman–Crippen MR) is 116 cm³/mol. The Hall–Kier alpha value is -3.51. The van der Waals surface area contributed by atoms with Crippen molar-refractivity contribution in [3.8, 4) is 11.3 Å². The molecule has 6 heteroatoms. The molecule has 1 heterocycles. The van der Waals surface area contributed by atoms with E-state index >= 15 is 0 Å². The molecule has 2 aromatic carbocycles. The molecule has 0 fully saturated rings. The molecule has 1 amide bonds. The maximum absolute atomic E-state index is 13.0. The van der Waals surface area contributed by atoms with Crippen molar-refractivity contribution >= 4 is 17.6 Å². The highest BCUT2D eigenvalue weighted by molar-refractivity contribution is 6.05. The molecule has 30 heavy (non-hydrogen) atoms. The van der Waals surface area contributed by atoms with Gasteiger partial charge in [-0.2, -0.15) is 0 Å². The molecule has 3 rings (SSSR count). The first-order chi connectivity index (χ1) is 14.3. The standard InChI is InChI=1S/C24H24N2O4/c1-14-7-8-20(18-6-4-5-17(13-18)9-10-27)25-22(14)23(28)26-21-15(2)11-19(24(29)30)12-16(21)3/h4-8,11-13,27H,9-10H2,1-3H3,(H,26,28)(H,29,30). The van der Waals surface area contributed by atoms with Crippen molar-refractivity contribution in [2.24, 2.45) is 0 Å². The average Bonchev–Trinajstić information content (AvgIpc) is 2.71. The van der Waals surface area contributed by atoms with Gasteiger partial charge in [0.1, 0.15) is 5.69 Å². The summed E-state index contributed by atoms with van der Waals surface area (Å²) < 4.78 is 0. The third kappa shape index (κ3) is 4.55. The van der Waals surface area contributed by atoms with Gasteiger partial charge >= 0.3 is 5.97 Å². The Morgan fingerprint density at radius 2 is 1.67 bits per heavy atom. The first-order valence-electron chi connectivity index (χ1n) is 9.64. The molecule has 0 radical (unpaired) electrons. The second-order valence-electron chi connectivity index (χ2n) is 7.28. The van der Waals surface area contributed by atoms with Gasteiger partial charge in [0.15, 0.2) is 0 Å². The van der Waals surface area contributed by atoms with Crippen LogP contribution in [0.1, 0.15) is 43.1 Å². The van der Waals surface area contributed by atoms with Crippen molar-refractivity contribution in [1.29, 1.82) is 0 Å². The zero-order chi connectivity index (χ0) is 21.8. The van der Waals surface area contributed by atoms with Gasteiger partial charge in [0.2, 0.25) is 0 Å². The maximum atomic E-state index is 13.0. The van der Waals surface area contributed by atoms with E-state index in [2.05, 4.69) is 10.3 Å². The van der Waals surface area contributed by atoms with Gasteiger partial charge in [-0.25, -0.2) is 9.78 Å². The van der Waals surface area contributed by atoms with Crippen LogP contribution in [0.2, 0.25) is 0 Å². The van der Waals surface area contributed by atoms with Gasteiger partial charge in [-0.1, -0.05) is 24.3 Å². The zero-order valence-corrected chi connectivity index (χ0v) is 17.2. The lowest BCUT2D eigenvalue weighted by molar-refractivity contribution is 0.0696. The number of carboxylic acid groups (broad SMARTS) is 1. The monoisotopic (exact) mass is 404 g/mol. The van der Waals surface area contributed by atoms with Crippen LogP contribution in [0.25, 0.3) is 11.3 Å². The Kier molecular flexibility index (Phi) is 6.28. The Morgan fingerprint density at radius 3 is 2.30 bits per heavy atom. The third-order valence-electron chi connectivity index (χ3n) is 4.95. The number of aliphatic hydroxyl groups is 1. The van der Waals surface area contributed by atoms with Gasteiger partial charge in [-0.05, 0) is 73.7 Å². The Morgan fingerprint density at radius 1 is 0.967 bits per heavy atom. The number of nitrogens with zero attached hydrogens (tertiary/aromatic N) is 1. The van der Waals surface area contributed by atoms with Crippen molar-refractivity contribution in [2.75, 3.05) is 11.9 Å². The summed E-state index contributed by atoms with van der Waals surface area (Å²) in [5.74, 6) is -1.36. The minimum atomic E-state index is -1.01. The van der Waals surface area contributed by atoms with Crippen molar-refractivity contribution in [2.45, 2.75) is 27.2 Å². The zero-order valence-electron chi connectivity index (χ0n) is 17.2. The molecule has 154 valence electrons. The molecule has 1 aromatic heterocycles. The van der Waals surface area contributed by atoms with E-state index in [1.807, 2.05) is 43.3 Å². The SMILES string of the molecule is Cc1ccc(-c2cccc(CCO)c2)nc1C(=O)Nc1c(C)cc(C(=O)O)cc1C. The maximum Gasteiger partial charge on any atom is 0.335 e. The van der Waals surface area contributed by atoms with Crippen LogP contribution in [0.5, 0.6) is 0 Å². The summed E-state index contributed by atoms with van der Waals surface area (Å²) in [6.45, 7) is 5.41. The van der Waals surface area contributed by atoms with Crippen LogP contribution in [0, 0.1) is 20.8 Å². The smallest absolute Gasteiger partial charge is 0.335 e. The van der Waals surface area contributed by atoms with Gasteiger partial charge in [-0.3, -0.25) is 4.79 Å². The highest BCUT2D eigenvalue weighted by Crippen LogP contribution is 2.25. The first kappa shape index (κ1) is 21.2. The molecule has 0 aliphatic rings. The van der Waals surface area contributed by atoms with Crippen LogP contribution >= 0.6 is 0 Å². The second kappa shape index (κ2) is 8.88. The summed E-state index contributed by atoms with van der Waals surface area (Å²) in [7, 11) is 0. The van der Waals surface area contributed by atoms with Gasteiger partial charge in [0.05, 0.1) is 11.3 Å². The van der Waals surface area contributed by atoms with E-state index in [1.54, 1.807) is 13.8 Å². The van der Waals surface area contributed by atoms with Crippen LogP contribution in [0.3, 0.4) is 0 Å². The number of anilines is 1. The Balaban J connectivity index is 1.93. The number of carboxylic acids is 1. The number of pyridine rings is 1. The van der Waals surface area contributed by atoms with E-state index in [9.17, 15) is 14.7 Å². The fourth-order valence-corrected chi connectivity index (χ4v) is 3.39. The fraction of sp³-hybridized carbons (Fsp3) is 0.208. The number of hydrogen-bond donors (Lipinski definition) is 3. The number of aliphatic hydroxyl groups excluding tert-OH is 1. The van der Waals surface area contributed by atoms with E-state index in [1.165, 1.54) is 12.1 Å². The predicted octanol–water partition coefficient (Wildman–Crippen LogP) is 4.16. The molecule has 0 unspecified atom stereocenters. The summed E-state index contributed by atoms with van der Waals surface area (Å²) in [6, 6.07) is 14.5. The molecular formula is C24H24N2O4. The van der Waals surface area contributed by atoms with Gasteiger partial charge in [-0.15, -0.1) is 0 Å². The van der Waals surface area contributed by atoms with Crippen LogP contribution in [-0.2, 0) is 6.42 Å². The molecule has 0 bridgehead atoms. The number of carbonyl (C=O) groups is 2. The molecule has 0 aliphatic heterocycles. The lowest BCUT2D eigenvalue weighted by Gasteiger charge is -2.14. The number of aromatic nitrogens is 1. The fourth-order valence-electron chi connectivity index (χ4n) is 3.39.